The zero-order valence-electron chi connectivity index (χ0n) is 15.6. The number of halogens is 1. The Morgan fingerprint density at radius 2 is 2.00 bits per heavy atom. The number of phenols is 1. The fourth-order valence-corrected chi connectivity index (χ4v) is 3.77. The highest BCUT2D eigenvalue weighted by Crippen LogP contribution is 2.37. The number of nitrogens with zero attached hydrogens (tertiary/aromatic N) is 4. The van der Waals surface area contributed by atoms with E-state index in [0.29, 0.717) is 11.7 Å². The number of benzene rings is 1. The molecule has 142 valence electrons. The quantitative estimate of drug-likeness (QED) is 0.804. The number of nitrogen functional groups attached to an aromatic ring is 1. The number of hydrogen-bond acceptors (Lipinski definition) is 6. The van der Waals surface area contributed by atoms with Crippen LogP contribution in [0.15, 0.2) is 18.2 Å². The van der Waals surface area contributed by atoms with E-state index in [4.69, 9.17) is 5.73 Å². The van der Waals surface area contributed by atoms with E-state index >= 15 is 0 Å². The lowest BCUT2D eigenvalue weighted by atomic mass is 9.91. The molecule has 1 fully saturated rings. The Morgan fingerprint density at radius 3 is 2.70 bits per heavy atom. The molecule has 0 saturated heterocycles. The van der Waals surface area contributed by atoms with Crippen LogP contribution in [0, 0.1) is 17.1 Å². The van der Waals surface area contributed by atoms with Gasteiger partial charge in [-0.25, -0.2) is 14.4 Å². The molecule has 1 aliphatic carbocycles. The average molecular weight is 369 g/mol. The molecule has 0 spiro atoms. The predicted octanol–water partition coefficient (Wildman–Crippen LogP) is 3.42. The van der Waals surface area contributed by atoms with Crippen LogP contribution in [-0.4, -0.2) is 40.1 Å². The molecule has 1 saturated carbocycles. The fourth-order valence-electron chi connectivity index (χ4n) is 3.77. The van der Waals surface area contributed by atoms with Gasteiger partial charge in [-0.15, -0.1) is 0 Å². The van der Waals surface area contributed by atoms with Crippen molar-refractivity contribution in [2.24, 2.45) is 0 Å². The maximum Gasteiger partial charge on any atom is 0.165 e. The van der Waals surface area contributed by atoms with Crippen LogP contribution in [0.25, 0.3) is 11.4 Å². The SMILES string of the molecule is CN(C)C1CCCCC(c2nc(-c3cc(F)ccc3O)nc(N)c2C#N)C1. The number of aromatic nitrogens is 2. The summed E-state index contributed by atoms with van der Waals surface area (Å²) in [7, 11) is 4.12. The van der Waals surface area contributed by atoms with Gasteiger partial charge >= 0.3 is 0 Å². The lowest BCUT2D eigenvalue weighted by Crippen LogP contribution is -2.29. The number of nitrogens with two attached hydrogens (primary N) is 1. The van der Waals surface area contributed by atoms with E-state index in [2.05, 4.69) is 35.0 Å². The fraction of sp³-hybridized carbons (Fsp3) is 0.450. The first-order chi connectivity index (χ1) is 12.9. The van der Waals surface area contributed by atoms with Crippen LogP contribution in [0.1, 0.15) is 49.3 Å². The molecule has 2 atom stereocenters. The Bertz CT molecular complexity index is 877. The Balaban J connectivity index is 2.10. The summed E-state index contributed by atoms with van der Waals surface area (Å²) < 4.78 is 13.7. The highest BCUT2D eigenvalue weighted by Gasteiger charge is 2.28. The van der Waals surface area contributed by atoms with Crippen molar-refractivity contribution in [3.63, 3.8) is 0 Å². The van der Waals surface area contributed by atoms with Crippen molar-refractivity contribution in [1.82, 2.24) is 14.9 Å². The first kappa shape index (κ1) is 19.1. The topological polar surface area (TPSA) is 99.1 Å². The van der Waals surface area contributed by atoms with Crippen LogP contribution < -0.4 is 5.73 Å². The van der Waals surface area contributed by atoms with Gasteiger partial charge in [-0.3, -0.25) is 0 Å². The van der Waals surface area contributed by atoms with E-state index in [1.54, 1.807) is 0 Å². The first-order valence-electron chi connectivity index (χ1n) is 9.13. The number of rotatable bonds is 3. The van der Waals surface area contributed by atoms with E-state index in [9.17, 15) is 14.8 Å². The third kappa shape index (κ3) is 4.01. The molecule has 1 heterocycles. The van der Waals surface area contributed by atoms with Crippen LogP contribution in [0.5, 0.6) is 5.75 Å². The molecule has 0 bridgehead atoms. The van der Waals surface area contributed by atoms with Crippen molar-refractivity contribution in [3.05, 3.63) is 35.3 Å². The standard InChI is InChI=1S/C20H24FN5O/c1-26(2)14-6-4-3-5-12(9-14)18-16(11-22)19(23)25-20(24-18)15-10-13(21)7-8-17(15)27/h7-8,10,12,14,27H,3-6,9H2,1-2H3,(H2,23,24,25). The maximum absolute atomic E-state index is 13.7. The molecular weight excluding hydrogens is 345 g/mol. The second kappa shape index (κ2) is 7.89. The van der Waals surface area contributed by atoms with Gasteiger partial charge in [0.1, 0.15) is 29.0 Å². The third-order valence-corrected chi connectivity index (χ3v) is 5.29. The summed E-state index contributed by atoms with van der Waals surface area (Å²) in [5, 5.41) is 19.7. The summed E-state index contributed by atoms with van der Waals surface area (Å²) in [6.45, 7) is 0. The van der Waals surface area contributed by atoms with E-state index in [1.807, 2.05) is 0 Å². The van der Waals surface area contributed by atoms with Gasteiger partial charge in [0.05, 0.1) is 11.3 Å². The number of phenolic OH excluding ortho intramolecular Hbond substituents is 1. The van der Waals surface area contributed by atoms with Gasteiger partial charge in [-0.2, -0.15) is 5.26 Å². The molecule has 0 radical (unpaired) electrons. The number of nitriles is 1. The van der Waals surface area contributed by atoms with E-state index in [1.165, 1.54) is 18.2 Å². The molecular formula is C20H24FN5O. The van der Waals surface area contributed by atoms with Crippen LogP contribution in [-0.2, 0) is 0 Å². The van der Waals surface area contributed by atoms with Crippen LogP contribution in [0.4, 0.5) is 10.2 Å². The van der Waals surface area contributed by atoms with Crippen LogP contribution >= 0.6 is 0 Å². The Morgan fingerprint density at radius 1 is 1.26 bits per heavy atom. The minimum absolute atomic E-state index is 0.0619. The average Bonchev–Trinajstić information content (AvgIpc) is 2.89. The summed E-state index contributed by atoms with van der Waals surface area (Å²) in [5.41, 5.74) is 7.08. The molecule has 0 amide bonds. The smallest absolute Gasteiger partial charge is 0.165 e. The van der Waals surface area contributed by atoms with Gasteiger partial charge < -0.3 is 15.7 Å². The number of aromatic hydroxyl groups is 1. The molecule has 27 heavy (non-hydrogen) atoms. The highest BCUT2D eigenvalue weighted by atomic mass is 19.1. The van der Waals surface area contributed by atoms with E-state index in [-0.39, 0.29) is 34.4 Å². The van der Waals surface area contributed by atoms with Crippen molar-refractivity contribution in [2.45, 2.75) is 44.1 Å². The highest BCUT2D eigenvalue weighted by molar-refractivity contribution is 5.67. The second-order valence-corrected chi connectivity index (χ2v) is 7.30. The summed E-state index contributed by atoms with van der Waals surface area (Å²) in [5.74, 6) is -0.359. The van der Waals surface area contributed by atoms with E-state index in [0.717, 1.165) is 32.1 Å². The van der Waals surface area contributed by atoms with Crippen molar-refractivity contribution in [3.8, 4) is 23.2 Å². The lowest BCUT2D eigenvalue weighted by Gasteiger charge is -2.26. The second-order valence-electron chi connectivity index (χ2n) is 7.30. The van der Waals surface area contributed by atoms with Gasteiger partial charge in [-0.1, -0.05) is 12.8 Å². The van der Waals surface area contributed by atoms with Crippen molar-refractivity contribution >= 4 is 5.82 Å². The molecule has 1 aromatic carbocycles. The molecule has 6 nitrogen and oxygen atoms in total. The largest absolute Gasteiger partial charge is 0.507 e. The minimum atomic E-state index is -0.502. The summed E-state index contributed by atoms with van der Waals surface area (Å²) in [4.78, 5) is 10.9. The molecule has 1 aliphatic rings. The molecule has 0 aliphatic heterocycles. The maximum atomic E-state index is 13.7. The molecule has 3 rings (SSSR count). The van der Waals surface area contributed by atoms with Crippen molar-refractivity contribution in [2.75, 3.05) is 19.8 Å². The minimum Gasteiger partial charge on any atom is -0.507 e. The Kier molecular flexibility index (Phi) is 5.57. The third-order valence-electron chi connectivity index (χ3n) is 5.29. The van der Waals surface area contributed by atoms with Gasteiger partial charge in [0.2, 0.25) is 0 Å². The zero-order valence-corrected chi connectivity index (χ0v) is 15.6. The Labute approximate surface area is 158 Å². The number of hydrogen-bond donors (Lipinski definition) is 2. The van der Waals surface area contributed by atoms with Gasteiger partial charge in [-0.05, 0) is 51.6 Å². The normalized spacial score (nSPS) is 20.3. The lowest BCUT2D eigenvalue weighted by molar-refractivity contribution is 0.258. The Hall–Kier alpha value is -2.72. The zero-order chi connectivity index (χ0) is 19.6. The summed E-state index contributed by atoms with van der Waals surface area (Å²) >= 11 is 0. The molecule has 7 heteroatoms. The molecule has 2 unspecified atom stereocenters. The predicted molar refractivity (Wildman–Crippen MR) is 102 cm³/mol. The van der Waals surface area contributed by atoms with E-state index < -0.39 is 5.82 Å². The summed E-state index contributed by atoms with van der Waals surface area (Å²) in [6, 6.07) is 6.13. The summed E-state index contributed by atoms with van der Waals surface area (Å²) in [6.07, 6.45) is 5.05. The van der Waals surface area contributed by atoms with Crippen molar-refractivity contribution < 1.29 is 9.50 Å². The van der Waals surface area contributed by atoms with Crippen molar-refractivity contribution in [1.29, 1.82) is 5.26 Å². The van der Waals surface area contributed by atoms with Gasteiger partial charge in [0, 0.05) is 12.0 Å². The molecule has 3 N–H and O–H groups in total. The van der Waals surface area contributed by atoms with Gasteiger partial charge in [0.25, 0.3) is 0 Å². The van der Waals surface area contributed by atoms with Crippen LogP contribution in [0.2, 0.25) is 0 Å². The number of anilines is 1. The molecule has 2 aromatic rings. The first-order valence-corrected chi connectivity index (χ1v) is 9.13. The molecule has 1 aromatic heterocycles. The van der Waals surface area contributed by atoms with Gasteiger partial charge in [0.15, 0.2) is 5.82 Å². The van der Waals surface area contributed by atoms with Crippen LogP contribution in [0.3, 0.4) is 0 Å². The monoisotopic (exact) mass is 369 g/mol.